The van der Waals surface area contributed by atoms with Crippen LogP contribution in [0.5, 0.6) is 0 Å². The standard InChI is InChI=1S/C18H24N2O3S/c19-24(22,23)12-13-6-9-20(10-7-13)17(21)16-11-18(16)8-5-14-3-1-2-4-15(14)18/h1-4,13,16H,5-12H2,(H2,19,22,23)/t16-,18+/m0/s1. The molecule has 0 aromatic heterocycles. The molecule has 1 aliphatic heterocycles. The number of carbonyl (C=O) groups is 1. The average molecular weight is 348 g/mol. The summed E-state index contributed by atoms with van der Waals surface area (Å²) in [5.41, 5.74) is 2.87. The molecule has 5 nitrogen and oxygen atoms in total. The molecule has 1 amide bonds. The normalized spacial score (nSPS) is 29.7. The molecule has 0 bridgehead atoms. The molecule has 1 saturated heterocycles. The highest BCUT2D eigenvalue weighted by molar-refractivity contribution is 7.89. The Bertz CT molecular complexity index is 768. The summed E-state index contributed by atoms with van der Waals surface area (Å²) in [6.07, 6.45) is 4.61. The fourth-order valence-corrected chi connectivity index (χ4v) is 5.78. The van der Waals surface area contributed by atoms with Crippen molar-refractivity contribution in [3.05, 3.63) is 35.4 Å². The molecule has 0 unspecified atom stereocenters. The number of hydrogen-bond donors (Lipinski definition) is 1. The Kier molecular flexibility index (Phi) is 3.73. The highest BCUT2D eigenvalue weighted by Gasteiger charge is 2.62. The molecule has 130 valence electrons. The largest absolute Gasteiger partial charge is 0.342 e. The number of primary sulfonamides is 1. The third kappa shape index (κ3) is 2.75. The van der Waals surface area contributed by atoms with Gasteiger partial charge in [-0.1, -0.05) is 24.3 Å². The monoisotopic (exact) mass is 348 g/mol. The van der Waals surface area contributed by atoms with Crippen molar-refractivity contribution in [3.63, 3.8) is 0 Å². The summed E-state index contributed by atoms with van der Waals surface area (Å²) in [6, 6.07) is 8.52. The van der Waals surface area contributed by atoms with Crippen LogP contribution in [0.4, 0.5) is 0 Å². The minimum Gasteiger partial charge on any atom is -0.342 e. The van der Waals surface area contributed by atoms with Gasteiger partial charge in [0.1, 0.15) is 0 Å². The first-order chi connectivity index (χ1) is 11.4. The van der Waals surface area contributed by atoms with E-state index >= 15 is 0 Å². The Hall–Kier alpha value is -1.40. The van der Waals surface area contributed by atoms with Crippen molar-refractivity contribution in [3.8, 4) is 0 Å². The Balaban J connectivity index is 1.39. The van der Waals surface area contributed by atoms with Crippen molar-refractivity contribution in [2.24, 2.45) is 17.0 Å². The summed E-state index contributed by atoms with van der Waals surface area (Å²) >= 11 is 0. The number of carbonyl (C=O) groups excluding carboxylic acids is 1. The minimum absolute atomic E-state index is 0.0375. The maximum absolute atomic E-state index is 12.9. The molecule has 2 fully saturated rings. The fourth-order valence-electron chi connectivity index (χ4n) is 4.79. The molecule has 1 saturated carbocycles. The zero-order valence-electron chi connectivity index (χ0n) is 13.8. The van der Waals surface area contributed by atoms with Crippen LogP contribution in [0.25, 0.3) is 0 Å². The minimum atomic E-state index is -3.42. The molecule has 1 heterocycles. The number of nitrogens with zero attached hydrogens (tertiary/aromatic N) is 1. The Morgan fingerprint density at radius 3 is 2.67 bits per heavy atom. The van der Waals surface area contributed by atoms with Gasteiger partial charge in [0.2, 0.25) is 15.9 Å². The lowest BCUT2D eigenvalue weighted by atomic mass is 9.94. The summed E-state index contributed by atoms with van der Waals surface area (Å²) in [7, 11) is -3.42. The summed E-state index contributed by atoms with van der Waals surface area (Å²) in [4.78, 5) is 14.9. The van der Waals surface area contributed by atoms with Crippen LogP contribution >= 0.6 is 0 Å². The van der Waals surface area contributed by atoms with E-state index in [9.17, 15) is 13.2 Å². The van der Waals surface area contributed by atoms with Gasteiger partial charge in [-0.15, -0.1) is 0 Å². The molecule has 1 aromatic rings. The van der Waals surface area contributed by atoms with Crippen LogP contribution in [-0.4, -0.2) is 38.1 Å². The van der Waals surface area contributed by atoms with Crippen LogP contribution in [0.3, 0.4) is 0 Å². The second-order valence-electron chi connectivity index (χ2n) is 7.67. The van der Waals surface area contributed by atoms with Gasteiger partial charge >= 0.3 is 0 Å². The van der Waals surface area contributed by atoms with E-state index < -0.39 is 10.0 Å². The second-order valence-corrected chi connectivity index (χ2v) is 9.33. The van der Waals surface area contributed by atoms with Gasteiger partial charge in [0.25, 0.3) is 0 Å². The molecule has 3 aliphatic rings. The number of piperidine rings is 1. The molecule has 24 heavy (non-hydrogen) atoms. The topological polar surface area (TPSA) is 80.5 Å². The van der Waals surface area contributed by atoms with Gasteiger partial charge in [0.15, 0.2) is 0 Å². The van der Waals surface area contributed by atoms with E-state index in [4.69, 9.17) is 5.14 Å². The summed E-state index contributed by atoms with van der Waals surface area (Å²) in [5.74, 6) is 0.511. The summed E-state index contributed by atoms with van der Waals surface area (Å²) in [6.45, 7) is 1.32. The van der Waals surface area contributed by atoms with E-state index in [0.29, 0.717) is 13.1 Å². The number of rotatable bonds is 3. The lowest BCUT2D eigenvalue weighted by molar-refractivity contribution is -0.134. The lowest BCUT2D eigenvalue weighted by Crippen LogP contribution is -2.42. The molecule has 1 spiro atoms. The lowest BCUT2D eigenvalue weighted by Gasteiger charge is -2.32. The maximum atomic E-state index is 12.9. The highest BCUT2D eigenvalue weighted by Crippen LogP contribution is 2.62. The molecule has 0 radical (unpaired) electrons. The molecule has 4 rings (SSSR count). The van der Waals surface area contributed by atoms with Crippen LogP contribution in [0.1, 0.15) is 36.8 Å². The number of aryl methyl sites for hydroxylation is 1. The third-order valence-corrected chi connectivity index (χ3v) is 7.10. The Morgan fingerprint density at radius 1 is 1.25 bits per heavy atom. The van der Waals surface area contributed by atoms with Gasteiger partial charge in [0, 0.05) is 24.4 Å². The van der Waals surface area contributed by atoms with Crippen LogP contribution in [0.2, 0.25) is 0 Å². The van der Waals surface area contributed by atoms with E-state index in [1.54, 1.807) is 0 Å². The SMILES string of the molecule is NS(=O)(=O)CC1CCN(C(=O)[C@@H]2C[C@@]23CCc2ccccc23)CC1. The van der Waals surface area contributed by atoms with Crippen LogP contribution in [0, 0.1) is 11.8 Å². The van der Waals surface area contributed by atoms with E-state index in [2.05, 4.69) is 24.3 Å². The molecule has 1 aromatic carbocycles. The zero-order chi connectivity index (χ0) is 16.9. The van der Waals surface area contributed by atoms with Crippen molar-refractivity contribution in [2.45, 2.75) is 37.5 Å². The fraction of sp³-hybridized carbons (Fsp3) is 0.611. The molecule has 2 N–H and O–H groups in total. The predicted molar refractivity (Wildman–Crippen MR) is 91.8 cm³/mol. The number of hydrogen-bond acceptors (Lipinski definition) is 3. The zero-order valence-corrected chi connectivity index (χ0v) is 14.6. The van der Waals surface area contributed by atoms with E-state index in [0.717, 1.165) is 32.1 Å². The molecule has 2 aliphatic carbocycles. The highest BCUT2D eigenvalue weighted by atomic mass is 32.2. The third-order valence-electron chi connectivity index (χ3n) is 6.16. The predicted octanol–water partition coefficient (Wildman–Crippen LogP) is 1.42. The van der Waals surface area contributed by atoms with Crippen LogP contribution in [-0.2, 0) is 26.7 Å². The molecule has 2 atom stereocenters. The Labute approximate surface area is 143 Å². The van der Waals surface area contributed by atoms with Crippen molar-refractivity contribution >= 4 is 15.9 Å². The first-order valence-electron chi connectivity index (χ1n) is 8.77. The quantitative estimate of drug-likeness (QED) is 0.897. The number of likely N-dealkylation sites (tertiary alicyclic amines) is 1. The summed E-state index contributed by atoms with van der Waals surface area (Å²) in [5, 5.41) is 5.13. The van der Waals surface area contributed by atoms with Crippen molar-refractivity contribution in [1.82, 2.24) is 4.90 Å². The van der Waals surface area contributed by atoms with E-state index in [1.165, 1.54) is 11.1 Å². The van der Waals surface area contributed by atoms with Crippen LogP contribution < -0.4 is 5.14 Å². The number of fused-ring (bicyclic) bond motifs is 2. The summed E-state index contributed by atoms with van der Waals surface area (Å²) < 4.78 is 22.4. The number of nitrogens with two attached hydrogens (primary N) is 1. The Morgan fingerprint density at radius 2 is 1.96 bits per heavy atom. The van der Waals surface area contributed by atoms with Gasteiger partial charge in [0.05, 0.1) is 5.75 Å². The number of amides is 1. The van der Waals surface area contributed by atoms with Gasteiger partial charge < -0.3 is 4.90 Å². The maximum Gasteiger partial charge on any atom is 0.226 e. The van der Waals surface area contributed by atoms with Crippen molar-refractivity contribution in [2.75, 3.05) is 18.8 Å². The smallest absolute Gasteiger partial charge is 0.226 e. The van der Waals surface area contributed by atoms with Crippen molar-refractivity contribution < 1.29 is 13.2 Å². The number of sulfonamides is 1. The van der Waals surface area contributed by atoms with E-state index in [-0.39, 0.29) is 28.9 Å². The first kappa shape index (κ1) is 16.1. The molecule has 6 heteroatoms. The van der Waals surface area contributed by atoms with E-state index in [1.807, 2.05) is 4.90 Å². The van der Waals surface area contributed by atoms with Gasteiger partial charge in [-0.2, -0.15) is 0 Å². The van der Waals surface area contributed by atoms with Gasteiger partial charge in [-0.25, -0.2) is 13.6 Å². The number of benzene rings is 1. The van der Waals surface area contributed by atoms with Crippen molar-refractivity contribution in [1.29, 1.82) is 0 Å². The first-order valence-corrected chi connectivity index (χ1v) is 10.5. The second kappa shape index (κ2) is 5.56. The van der Waals surface area contributed by atoms with Gasteiger partial charge in [-0.3, -0.25) is 4.79 Å². The molecular formula is C18H24N2O3S. The van der Waals surface area contributed by atoms with Crippen LogP contribution in [0.15, 0.2) is 24.3 Å². The average Bonchev–Trinajstić information content (AvgIpc) is 3.15. The molecular weight excluding hydrogens is 324 g/mol. The van der Waals surface area contributed by atoms with Gasteiger partial charge in [-0.05, 0) is 49.1 Å².